The molecule has 4 rings (SSSR count). The van der Waals surface area contributed by atoms with Crippen molar-refractivity contribution in [2.24, 2.45) is 5.14 Å². The Morgan fingerprint density at radius 3 is 2.22 bits per heavy atom. The molecule has 0 atom stereocenters. The van der Waals surface area contributed by atoms with Crippen molar-refractivity contribution >= 4 is 39.6 Å². The second-order valence-electron chi connectivity index (χ2n) is 7.06. The first-order valence-electron chi connectivity index (χ1n) is 9.35. The third kappa shape index (κ3) is 4.09. The summed E-state index contributed by atoms with van der Waals surface area (Å²) in [4.78, 5) is 38.3. The number of imide groups is 2. The maximum absolute atomic E-state index is 12.9. The van der Waals surface area contributed by atoms with Crippen molar-refractivity contribution in [3.05, 3.63) is 77.6 Å². The summed E-state index contributed by atoms with van der Waals surface area (Å²) in [6.45, 7) is 1.87. The van der Waals surface area contributed by atoms with Crippen molar-refractivity contribution in [3.63, 3.8) is 0 Å². The molecule has 0 radical (unpaired) electrons. The maximum Gasteiger partial charge on any atom is 0.335 e. The Bertz CT molecular complexity index is 1370. The number of sulfonamides is 1. The molecule has 2 heterocycles. The van der Waals surface area contributed by atoms with Gasteiger partial charge in [-0.15, -0.1) is 0 Å². The SMILES string of the molecule is Cc1ccc(N2C(=O)NC(=O)/C(=C\c3ccc(-c4ccc(S(N)(=O)=O)cc4)o3)C2=O)cc1. The minimum Gasteiger partial charge on any atom is -0.457 e. The molecule has 162 valence electrons. The number of benzene rings is 2. The molecule has 1 aliphatic heterocycles. The topological polar surface area (TPSA) is 140 Å². The van der Waals surface area contributed by atoms with E-state index in [1.54, 1.807) is 36.4 Å². The Morgan fingerprint density at radius 2 is 1.59 bits per heavy atom. The first-order valence-corrected chi connectivity index (χ1v) is 10.9. The lowest BCUT2D eigenvalue weighted by atomic mass is 10.1. The molecule has 3 aromatic rings. The highest BCUT2D eigenvalue weighted by Crippen LogP contribution is 2.26. The van der Waals surface area contributed by atoms with Gasteiger partial charge in [-0.25, -0.2) is 23.3 Å². The van der Waals surface area contributed by atoms with E-state index < -0.39 is 27.9 Å². The normalized spacial score (nSPS) is 15.9. The minimum atomic E-state index is -3.82. The molecular formula is C22H17N3O6S. The van der Waals surface area contributed by atoms with Crippen LogP contribution in [0.2, 0.25) is 0 Å². The Hall–Kier alpha value is -4.02. The second-order valence-corrected chi connectivity index (χ2v) is 8.63. The molecule has 1 aliphatic rings. The van der Waals surface area contributed by atoms with Gasteiger partial charge in [0.1, 0.15) is 17.1 Å². The van der Waals surface area contributed by atoms with Crippen LogP contribution in [-0.4, -0.2) is 26.3 Å². The van der Waals surface area contributed by atoms with Crippen molar-refractivity contribution in [2.75, 3.05) is 4.90 Å². The average Bonchev–Trinajstić information content (AvgIpc) is 3.20. The van der Waals surface area contributed by atoms with Gasteiger partial charge in [0.05, 0.1) is 10.6 Å². The van der Waals surface area contributed by atoms with E-state index in [-0.39, 0.29) is 16.2 Å². The number of urea groups is 1. The number of nitrogens with zero attached hydrogens (tertiary/aromatic N) is 1. The van der Waals surface area contributed by atoms with E-state index in [1.165, 1.54) is 30.3 Å². The quantitative estimate of drug-likeness (QED) is 0.462. The van der Waals surface area contributed by atoms with Crippen LogP contribution in [0, 0.1) is 6.92 Å². The van der Waals surface area contributed by atoms with E-state index in [0.29, 0.717) is 17.0 Å². The summed E-state index contributed by atoms with van der Waals surface area (Å²) in [5, 5.41) is 7.24. The molecular weight excluding hydrogens is 434 g/mol. The van der Waals surface area contributed by atoms with Crippen LogP contribution in [0.1, 0.15) is 11.3 Å². The Morgan fingerprint density at radius 1 is 0.938 bits per heavy atom. The Kier molecular flexibility index (Phi) is 5.25. The third-order valence-corrected chi connectivity index (χ3v) is 5.70. The summed E-state index contributed by atoms with van der Waals surface area (Å²) >= 11 is 0. The highest BCUT2D eigenvalue weighted by Gasteiger charge is 2.37. The third-order valence-electron chi connectivity index (χ3n) is 4.77. The molecule has 2 aromatic carbocycles. The van der Waals surface area contributed by atoms with E-state index in [1.807, 2.05) is 6.92 Å². The zero-order valence-corrected chi connectivity index (χ0v) is 17.5. The van der Waals surface area contributed by atoms with Gasteiger partial charge in [-0.2, -0.15) is 0 Å². The van der Waals surface area contributed by atoms with Crippen LogP contribution in [0.3, 0.4) is 0 Å². The van der Waals surface area contributed by atoms with Crippen LogP contribution in [0.4, 0.5) is 10.5 Å². The molecule has 10 heteroatoms. The first kappa shape index (κ1) is 21.2. The van der Waals surface area contributed by atoms with Gasteiger partial charge in [0.15, 0.2) is 0 Å². The summed E-state index contributed by atoms with van der Waals surface area (Å²) in [5.41, 5.74) is 1.57. The first-order chi connectivity index (χ1) is 15.1. The lowest BCUT2D eigenvalue weighted by Gasteiger charge is -2.26. The number of hydrogen-bond donors (Lipinski definition) is 2. The van der Waals surface area contributed by atoms with Gasteiger partial charge in [0, 0.05) is 5.56 Å². The van der Waals surface area contributed by atoms with Crippen molar-refractivity contribution < 1.29 is 27.2 Å². The summed E-state index contributed by atoms with van der Waals surface area (Å²) < 4.78 is 28.5. The number of aryl methyl sites for hydroxylation is 1. The summed E-state index contributed by atoms with van der Waals surface area (Å²) in [6.07, 6.45) is 1.24. The molecule has 4 amide bonds. The summed E-state index contributed by atoms with van der Waals surface area (Å²) in [7, 11) is -3.82. The largest absolute Gasteiger partial charge is 0.457 e. The standard InChI is InChI=1S/C22H17N3O6S/c1-13-2-6-15(7-3-13)25-21(27)18(20(26)24-22(25)28)12-16-8-11-19(31-16)14-4-9-17(10-5-14)32(23,29)30/h2-12H,1H3,(H2,23,29,30)(H,24,26,28)/b18-12+. The molecule has 0 aliphatic carbocycles. The lowest BCUT2D eigenvalue weighted by Crippen LogP contribution is -2.54. The number of rotatable bonds is 4. The molecule has 0 bridgehead atoms. The molecule has 1 fully saturated rings. The Labute approximate surface area is 183 Å². The predicted octanol–water partition coefficient (Wildman–Crippen LogP) is 2.57. The van der Waals surface area contributed by atoms with E-state index in [4.69, 9.17) is 9.56 Å². The number of anilines is 1. The van der Waals surface area contributed by atoms with Crippen LogP contribution in [0.5, 0.6) is 0 Å². The van der Waals surface area contributed by atoms with Crippen LogP contribution in [-0.2, 0) is 19.6 Å². The molecule has 0 unspecified atom stereocenters. The van der Waals surface area contributed by atoms with Crippen LogP contribution in [0.15, 0.2) is 75.5 Å². The number of nitrogens with two attached hydrogens (primary N) is 1. The number of barbiturate groups is 1. The van der Waals surface area contributed by atoms with Crippen molar-refractivity contribution in [2.45, 2.75) is 11.8 Å². The lowest BCUT2D eigenvalue weighted by molar-refractivity contribution is -0.122. The molecule has 32 heavy (non-hydrogen) atoms. The summed E-state index contributed by atoms with van der Waals surface area (Å²) in [5.74, 6) is -1.03. The maximum atomic E-state index is 12.9. The van der Waals surface area contributed by atoms with E-state index in [2.05, 4.69) is 5.32 Å². The zero-order valence-electron chi connectivity index (χ0n) is 16.7. The number of carbonyl (C=O) groups excluding carboxylic acids is 3. The number of hydrogen-bond acceptors (Lipinski definition) is 6. The van der Waals surface area contributed by atoms with Gasteiger partial charge in [-0.3, -0.25) is 14.9 Å². The fraction of sp³-hybridized carbons (Fsp3) is 0.0455. The molecule has 1 aromatic heterocycles. The number of amides is 4. The summed E-state index contributed by atoms with van der Waals surface area (Å²) in [6, 6.07) is 14.7. The van der Waals surface area contributed by atoms with Gasteiger partial charge in [0.25, 0.3) is 11.8 Å². The number of furan rings is 1. The van der Waals surface area contributed by atoms with E-state index >= 15 is 0 Å². The van der Waals surface area contributed by atoms with Crippen LogP contribution >= 0.6 is 0 Å². The van der Waals surface area contributed by atoms with Crippen molar-refractivity contribution in [1.29, 1.82) is 0 Å². The number of nitrogens with one attached hydrogen (secondary N) is 1. The van der Waals surface area contributed by atoms with Gasteiger partial charge in [-0.05, 0) is 61.5 Å². The highest BCUT2D eigenvalue weighted by molar-refractivity contribution is 7.89. The minimum absolute atomic E-state index is 0.0412. The van der Waals surface area contributed by atoms with Gasteiger partial charge >= 0.3 is 6.03 Å². The average molecular weight is 451 g/mol. The fourth-order valence-electron chi connectivity index (χ4n) is 3.12. The molecule has 3 N–H and O–H groups in total. The van der Waals surface area contributed by atoms with E-state index in [0.717, 1.165) is 10.5 Å². The number of carbonyl (C=O) groups is 3. The molecule has 0 spiro atoms. The zero-order chi connectivity index (χ0) is 23.0. The van der Waals surface area contributed by atoms with Gasteiger partial charge in [0.2, 0.25) is 10.0 Å². The monoisotopic (exact) mass is 451 g/mol. The number of primary sulfonamides is 1. The second kappa shape index (κ2) is 7.91. The smallest absolute Gasteiger partial charge is 0.335 e. The highest BCUT2D eigenvalue weighted by atomic mass is 32.2. The van der Waals surface area contributed by atoms with Crippen molar-refractivity contribution in [3.8, 4) is 11.3 Å². The Balaban J connectivity index is 1.64. The van der Waals surface area contributed by atoms with Crippen molar-refractivity contribution in [1.82, 2.24) is 5.32 Å². The van der Waals surface area contributed by atoms with E-state index in [9.17, 15) is 22.8 Å². The molecule has 1 saturated heterocycles. The fourth-order valence-corrected chi connectivity index (χ4v) is 3.64. The molecule has 0 saturated carbocycles. The van der Waals surface area contributed by atoms with Crippen LogP contribution in [0.25, 0.3) is 17.4 Å². The van der Waals surface area contributed by atoms with Gasteiger partial charge in [-0.1, -0.05) is 17.7 Å². The molecule has 9 nitrogen and oxygen atoms in total. The van der Waals surface area contributed by atoms with Crippen LogP contribution < -0.4 is 15.4 Å². The predicted molar refractivity (Wildman–Crippen MR) is 116 cm³/mol. The van der Waals surface area contributed by atoms with Gasteiger partial charge < -0.3 is 4.42 Å².